The molecule has 0 unspecified atom stereocenters. The van der Waals surface area contributed by atoms with Crippen LogP contribution in [0.2, 0.25) is 0 Å². The van der Waals surface area contributed by atoms with Gasteiger partial charge in [0.05, 0.1) is 32.7 Å². The second-order valence-corrected chi connectivity index (χ2v) is 5.21. The molecule has 3 aromatic rings. The van der Waals surface area contributed by atoms with Gasteiger partial charge in [-0.15, -0.1) is 0 Å². The highest BCUT2D eigenvalue weighted by Gasteiger charge is 2.08. The summed E-state index contributed by atoms with van der Waals surface area (Å²) in [6, 6.07) is 19.6. The summed E-state index contributed by atoms with van der Waals surface area (Å²) in [6.45, 7) is 0. The van der Waals surface area contributed by atoms with Crippen LogP contribution in [0.25, 0.3) is 22.5 Å². The van der Waals surface area contributed by atoms with Crippen molar-refractivity contribution in [3.05, 3.63) is 60.7 Å². The topological polar surface area (TPSA) is 40.6 Å². The van der Waals surface area contributed by atoms with Crippen molar-refractivity contribution in [2.45, 2.75) is 0 Å². The third-order valence-electron chi connectivity index (χ3n) is 3.81. The van der Waals surface area contributed by atoms with E-state index in [-0.39, 0.29) is 0 Å². The summed E-state index contributed by atoms with van der Waals surface area (Å²) in [6.07, 6.45) is 0. The van der Waals surface area contributed by atoms with Gasteiger partial charge in [0.1, 0.15) is 5.75 Å². The van der Waals surface area contributed by atoms with E-state index in [1.165, 1.54) is 0 Å². The summed E-state index contributed by atoms with van der Waals surface area (Å²) in [5.41, 5.74) is 3.80. The highest BCUT2D eigenvalue weighted by Crippen LogP contribution is 2.32. The van der Waals surface area contributed by atoms with Crippen LogP contribution < -0.4 is 14.2 Å². The van der Waals surface area contributed by atoms with Gasteiger partial charge in [0.25, 0.3) is 0 Å². The summed E-state index contributed by atoms with van der Waals surface area (Å²) in [5.74, 6) is 2.22. The van der Waals surface area contributed by atoms with Gasteiger partial charge in [-0.1, -0.05) is 6.07 Å². The number of nitrogens with zero attached hydrogens (tertiary/aromatic N) is 1. The first-order valence-corrected chi connectivity index (χ1v) is 7.59. The van der Waals surface area contributed by atoms with Crippen molar-refractivity contribution in [1.29, 1.82) is 0 Å². The van der Waals surface area contributed by atoms with Crippen molar-refractivity contribution >= 4 is 0 Å². The molecule has 0 saturated heterocycles. The van der Waals surface area contributed by atoms with Crippen molar-refractivity contribution in [2.75, 3.05) is 21.3 Å². The largest absolute Gasteiger partial charge is 0.497 e. The molecule has 0 atom stereocenters. The molecule has 0 saturated carbocycles. The van der Waals surface area contributed by atoms with Gasteiger partial charge in [0, 0.05) is 11.1 Å². The number of pyridine rings is 1. The molecule has 122 valence electrons. The fourth-order valence-electron chi connectivity index (χ4n) is 2.51. The highest BCUT2D eigenvalue weighted by molar-refractivity contribution is 5.68. The quantitative estimate of drug-likeness (QED) is 0.696. The second kappa shape index (κ2) is 7.04. The average molecular weight is 321 g/mol. The first-order valence-electron chi connectivity index (χ1n) is 7.59. The molecular formula is C20H19NO3. The zero-order chi connectivity index (χ0) is 16.9. The van der Waals surface area contributed by atoms with E-state index in [0.717, 1.165) is 28.3 Å². The van der Waals surface area contributed by atoms with Gasteiger partial charge < -0.3 is 14.2 Å². The Kier molecular flexibility index (Phi) is 4.66. The number of aromatic nitrogens is 1. The number of rotatable bonds is 5. The van der Waals surface area contributed by atoms with Gasteiger partial charge in [-0.3, -0.25) is 0 Å². The van der Waals surface area contributed by atoms with Gasteiger partial charge in [0.15, 0.2) is 11.5 Å². The number of methoxy groups -OCH3 is 3. The molecule has 24 heavy (non-hydrogen) atoms. The first-order chi connectivity index (χ1) is 11.7. The SMILES string of the molecule is COc1ccc(-c2cccc(-c3ccc(OC)c(OC)c3)n2)cc1. The highest BCUT2D eigenvalue weighted by atomic mass is 16.5. The summed E-state index contributed by atoms with van der Waals surface area (Å²) < 4.78 is 15.9. The van der Waals surface area contributed by atoms with Crippen LogP contribution in [0.3, 0.4) is 0 Å². The second-order valence-electron chi connectivity index (χ2n) is 5.21. The van der Waals surface area contributed by atoms with Crippen molar-refractivity contribution in [2.24, 2.45) is 0 Å². The lowest BCUT2D eigenvalue weighted by Crippen LogP contribution is -1.92. The number of ether oxygens (including phenoxy) is 3. The minimum absolute atomic E-state index is 0.687. The molecule has 0 bridgehead atoms. The van der Waals surface area contributed by atoms with E-state index in [2.05, 4.69) is 0 Å². The molecule has 0 radical (unpaired) electrons. The van der Waals surface area contributed by atoms with E-state index in [0.29, 0.717) is 11.5 Å². The monoisotopic (exact) mass is 321 g/mol. The van der Waals surface area contributed by atoms with Crippen LogP contribution in [0.4, 0.5) is 0 Å². The Hall–Kier alpha value is -3.01. The van der Waals surface area contributed by atoms with Gasteiger partial charge in [-0.05, 0) is 54.6 Å². The zero-order valence-electron chi connectivity index (χ0n) is 13.9. The van der Waals surface area contributed by atoms with Crippen LogP contribution in [-0.2, 0) is 0 Å². The molecule has 2 aromatic carbocycles. The fourth-order valence-corrected chi connectivity index (χ4v) is 2.51. The van der Waals surface area contributed by atoms with Crippen LogP contribution in [0, 0.1) is 0 Å². The number of hydrogen-bond acceptors (Lipinski definition) is 4. The van der Waals surface area contributed by atoms with E-state index in [4.69, 9.17) is 19.2 Å². The molecule has 0 fully saturated rings. The lowest BCUT2D eigenvalue weighted by atomic mass is 10.1. The summed E-state index contributed by atoms with van der Waals surface area (Å²) >= 11 is 0. The predicted molar refractivity (Wildman–Crippen MR) is 94.8 cm³/mol. The lowest BCUT2D eigenvalue weighted by Gasteiger charge is -2.10. The number of benzene rings is 2. The molecular weight excluding hydrogens is 302 g/mol. The Bertz CT molecular complexity index is 829. The van der Waals surface area contributed by atoms with Crippen LogP contribution >= 0.6 is 0 Å². The Morgan fingerprint density at radius 1 is 0.625 bits per heavy atom. The first kappa shape index (κ1) is 15.9. The molecule has 1 aromatic heterocycles. The molecule has 4 heteroatoms. The molecule has 0 spiro atoms. The maximum absolute atomic E-state index is 5.37. The van der Waals surface area contributed by atoms with E-state index in [1.807, 2.05) is 60.7 Å². The molecule has 0 aliphatic carbocycles. The van der Waals surface area contributed by atoms with Crippen LogP contribution in [0.5, 0.6) is 17.2 Å². The van der Waals surface area contributed by atoms with Crippen molar-refractivity contribution < 1.29 is 14.2 Å². The van der Waals surface area contributed by atoms with Gasteiger partial charge in [0.2, 0.25) is 0 Å². The van der Waals surface area contributed by atoms with E-state index in [1.54, 1.807) is 21.3 Å². The standard InChI is InChI=1S/C20H19NO3/c1-22-16-10-7-14(8-11-16)17-5-4-6-18(21-17)15-9-12-19(23-2)20(13-15)24-3/h4-13H,1-3H3. The Morgan fingerprint density at radius 3 is 1.88 bits per heavy atom. The van der Waals surface area contributed by atoms with Gasteiger partial charge in [-0.25, -0.2) is 4.98 Å². The Morgan fingerprint density at radius 2 is 1.25 bits per heavy atom. The maximum Gasteiger partial charge on any atom is 0.161 e. The molecule has 4 nitrogen and oxygen atoms in total. The van der Waals surface area contributed by atoms with Gasteiger partial charge in [-0.2, -0.15) is 0 Å². The molecule has 1 heterocycles. The Labute approximate surface area is 141 Å². The van der Waals surface area contributed by atoms with Crippen LogP contribution in [-0.4, -0.2) is 26.3 Å². The summed E-state index contributed by atoms with van der Waals surface area (Å²) in [7, 11) is 4.91. The van der Waals surface area contributed by atoms with E-state index in [9.17, 15) is 0 Å². The fraction of sp³-hybridized carbons (Fsp3) is 0.150. The lowest BCUT2D eigenvalue weighted by molar-refractivity contribution is 0.355. The van der Waals surface area contributed by atoms with Crippen LogP contribution in [0.15, 0.2) is 60.7 Å². The van der Waals surface area contributed by atoms with Crippen molar-refractivity contribution in [3.8, 4) is 39.8 Å². The minimum Gasteiger partial charge on any atom is -0.497 e. The summed E-state index contributed by atoms with van der Waals surface area (Å²) in [5, 5.41) is 0. The van der Waals surface area contributed by atoms with Crippen LogP contribution in [0.1, 0.15) is 0 Å². The normalized spacial score (nSPS) is 10.3. The van der Waals surface area contributed by atoms with Crippen molar-refractivity contribution in [3.63, 3.8) is 0 Å². The minimum atomic E-state index is 0.687. The smallest absolute Gasteiger partial charge is 0.161 e. The molecule has 0 aliphatic rings. The van der Waals surface area contributed by atoms with Crippen molar-refractivity contribution in [1.82, 2.24) is 4.98 Å². The molecule has 0 amide bonds. The van der Waals surface area contributed by atoms with E-state index < -0.39 is 0 Å². The molecule has 3 rings (SSSR count). The average Bonchev–Trinajstić information content (AvgIpc) is 2.67. The van der Waals surface area contributed by atoms with Gasteiger partial charge >= 0.3 is 0 Å². The predicted octanol–water partition coefficient (Wildman–Crippen LogP) is 4.44. The third kappa shape index (κ3) is 3.18. The Balaban J connectivity index is 1.98. The van der Waals surface area contributed by atoms with E-state index >= 15 is 0 Å². The molecule has 0 aliphatic heterocycles. The molecule has 0 N–H and O–H groups in total. The third-order valence-corrected chi connectivity index (χ3v) is 3.81. The maximum atomic E-state index is 5.37. The number of hydrogen-bond donors (Lipinski definition) is 0. The summed E-state index contributed by atoms with van der Waals surface area (Å²) in [4.78, 5) is 4.76. The zero-order valence-corrected chi connectivity index (χ0v) is 13.9.